The molecule has 0 atom stereocenters. The molecule has 1 fully saturated rings. The standard InChI is InChI=1S/C12H23O4P/c1-6-7-12(5)8-15-17(14,16-9-12)10(13)11(2,3)4/h6-9H2,1-5H3. The zero-order valence-electron chi connectivity index (χ0n) is 11.4. The molecule has 0 spiro atoms. The van der Waals surface area contributed by atoms with E-state index in [1.54, 1.807) is 20.8 Å². The Morgan fingerprint density at radius 2 is 1.76 bits per heavy atom. The summed E-state index contributed by atoms with van der Waals surface area (Å²) >= 11 is 0. The molecule has 1 rings (SSSR count). The number of hydrogen-bond donors (Lipinski definition) is 0. The fourth-order valence-electron chi connectivity index (χ4n) is 1.84. The second-order valence-corrected chi connectivity index (χ2v) is 8.08. The van der Waals surface area contributed by atoms with Gasteiger partial charge in [-0.3, -0.25) is 9.36 Å². The van der Waals surface area contributed by atoms with Gasteiger partial charge in [0.15, 0.2) is 0 Å². The van der Waals surface area contributed by atoms with Crippen LogP contribution in [0.4, 0.5) is 0 Å². The first-order valence-corrected chi connectivity index (χ1v) is 7.61. The summed E-state index contributed by atoms with van der Waals surface area (Å²) < 4.78 is 22.9. The average Bonchev–Trinajstić information content (AvgIpc) is 2.21. The Balaban J connectivity index is 2.74. The van der Waals surface area contributed by atoms with Crippen LogP contribution in [0.2, 0.25) is 0 Å². The third-order valence-corrected chi connectivity index (χ3v) is 5.02. The summed E-state index contributed by atoms with van der Waals surface area (Å²) in [6, 6.07) is 0. The zero-order chi connectivity index (χ0) is 13.3. The highest BCUT2D eigenvalue weighted by Crippen LogP contribution is 2.58. The predicted molar refractivity (Wildman–Crippen MR) is 67.0 cm³/mol. The summed E-state index contributed by atoms with van der Waals surface area (Å²) in [4.78, 5) is 12.0. The molecule has 0 amide bonds. The van der Waals surface area contributed by atoms with Gasteiger partial charge in [-0.2, -0.15) is 0 Å². The molecule has 100 valence electrons. The number of rotatable bonds is 3. The van der Waals surface area contributed by atoms with Crippen molar-refractivity contribution >= 4 is 13.1 Å². The first kappa shape index (κ1) is 14.9. The van der Waals surface area contributed by atoms with Crippen LogP contribution >= 0.6 is 7.60 Å². The molecule has 0 bridgehead atoms. The normalized spacial score (nSPS) is 34.6. The first-order valence-electron chi connectivity index (χ1n) is 6.07. The largest absolute Gasteiger partial charge is 0.397 e. The van der Waals surface area contributed by atoms with Crippen LogP contribution in [0.15, 0.2) is 0 Å². The molecule has 0 aromatic heterocycles. The Kier molecular flexibility index (Phi) is 4.23. The lowest BCUT2D eigenvalue weighted by molar-refractivity contribution is -0.122. The summed E-state index contributed by atoms with van der Waals surface area (Å²) in [6.07, 6.45) is 1.96. The number of hydrogen-bond acceptors (Lipinski definition) is 4. The molecule has 0 saturated carbocycles. The second-order valence-electron chi connectivity index (χ2n) is 6.16. The molecule has 0 aromatic rings. The van der Waals surface area contributed by atoms with E-state index in [2.05, 4.69) is 6.92 Å². The molecule has 1 aliphatic rings. The van der Waals surface area contributed by atoms with Crippen molar-refractivity contribution in [1.82, 2.24) is 0 Å². The minimum Gasteiger partial charge on any atom is -0.303 e. The summed E-state index contributed by atoms with van der Waals surface area (Å²) in [5.41, 5.74) is -1.25. The van der Waals surface area contributed by atoms with E-state index in [4.69, 9.17) is 9.05 Å². The van der Waals surface area contributed by atoms with Crippen LogP contribution in [0.1, 0.15) is 47.5 Å². The quantitative estimate of drug-likeness (QED) is 0.729. The van der Waals surface area contributed by atoms with Crippen molar-refractivity contribution in [2.75, 3.05) is 13.2 Å². The van der Waals surface area contributed by atoms with Crippen LogP contribution in [0.5, 0.6) is 0 Å². The molecule has 1 heterocycles. The van der Waals surface area contributed by atoms with Crippen molar-refractivity contribution in [3.63, 3.8) is 0 Å². The summed E-state index contributed by atoms with van der Waals surface area (Å²) in [6.45, 7) is 9.95. The molecule has 17 heavy (non-hydrogen) atoms. The van der Waals surface area contributed by atoms with Gasteiger partial charge in [0.1, 0.15) is 0 Å². The van der Waals surface area contributed by atoms with Gasteiger partial charge >= 0.3 is 7.60 Å². The Labute approximate surface area is 104 Å². The highest BCUT2D eigenvalue weighted by molar-refractivity contribution is 7.72. The number of carbonyl (C=O) groups is 1. The lowest BCUT2D eigenvalue weighted by Crippen LogP contribution is -2.35. The molecular weight excluding hydrogens is 239 g/mol. The Morgan fingerprint density at radius 3 is 2.12 bits per heavy atom. The minimum absolute atomic E-state index is 0.124. The molecule has 5 heteroatoms. The van der Waals surface area contributed by atoms with E-state index in [9.17, 15) is 9.36 Å². The Bertz CT molecular complexity index is 331. The van der Waals surface area contributed by atoms with Gasteiger partial charge in [0.2, 0.25) is 5.52 Å². The molecule has 0 N–H and O–H groups in total. The van der Waals surface area contributed by atoms with Gasteiger partial charge in [0.05, 0.1) is 13.2 Å². The van der Waals surface area contributed by atoms with E-state index in [1.165, 1.54) is 0 Å². The first-order chi connectivity index (χ1) is 7.63. The monoisotopic (exact) mass is 262 g/mol. The third kappa shape index (κ3) is 3.40. The molecule has 1 saturated heterocycles. The maximum atomic E-state index is 12.3. The third-order valence-electron chi connectivity index (χ3n) is 2.91. The van der Waals surface area contributed by atoms with Gasteiger partial charge in [-0.1, -0.05) is 41.0 Å². The molecule has 0 aliphatic carbocycles. The van der Waals surface area contributed by atoms with Crippen LogP contribution in [-0.4, -0.2) is 18.7 Å². The lowest BCUT2D eigenvalue weighted by Gasteiger charge is -2.37. The molecule has 0 radical (unpaired) electrons. The van der Waals surface area contributed by atoms with E-state index < -0.39 is 18.5 Å². The van der Waals surface area contributed by atoms with Crippen molar-refractivity contribution in [2.45, 2.75) is 47.5 Å². The van der Waals surface area contributed by atoms with Crippen molar-refractivity contribution in [3.05, 3.63) is 0 Å². The van der Waals surface area contributed by atoms with Crippen LogP contribution in [0.3, 0.4) is 0 Å². The van der Waals surface area contributed by atoms with E-state index in [-0.39, 0.29) is 5.41 Å². The summed E-state index contributed by atoms with van der Waals surface area (Å²) in [7, 11) is -3.57. The summed E-state index contributed by atoms with van der Waals surface area (Å²) in [5.74, 6) is 0. The number of carbonyl (C=O) groups excluding carboxylic acids is 1. The van der Waals surface area contributed by atoms with Gasteiger partial charge < -0.3 is 9.05 Å². The van der Waals surface area contributed by atoms with Crippen LogP contribution in [-0.2, 0) is 18.4 Å². The SMILES string of the molecule is CCCC1(C)COP(=O)(C(=O)C(C)(C)C)OC1. The Hall–Kier alpha value is -0.180. The fourth-order valence-corrected chi connectivity index (χ4v) is 3.93. The van der Waals surface area contributed by atoms with Gasteiger partial charge in [-0.25, -0.2) is 0 Å². The smallest absolute Gasteiger partial charge is 0.303 e. The van der Waals surface area contributed by atoms with E-state index in [0.717, 1.165) is 12.8 Å². The molecule has 1 aliphatic heterocycles. The van der Waals surface area contributed by atoms with Crippen molar-refractivity contribution in [2.24, 2.45) is 10.8 Å². The highest BCUT2D eigenvalue weighted by Gasteiger charge is 2.47. The fraction of sp³-hybridized carbons (Fsp3) is 0.917. The average molecular weight is 262 g/mol. The van der Waals surface area contributed by atoms with Crippen LogP contribution in [0.25, 0.3) is 0 Å². The second kappa shape index (κ2) is 4.83. The topological polar surface area (TPSA) is 52.6 Å². The predicted octanol–water partition coefficient (Wildman–Crippen LogP) is 3.61. The van der Waals surface area contributed by atoms with Gasteiger partial charge in [0, 0.05) is 10.8 Å². The zero-order valence-corrected chi connectivity index (χ0v) is 12.3. The minimum atomic E-state index is -3.57. The molecule has 0 unspecified atom stereocenters. The van der Waals surface area contributed by atoms with E-state index in [1.807, 2.05) is 6.92 Å². The van der Waals surface area contributed by atoms with Crippen molar-refractivity contribution in [1.29, 1.82) is 0 Å². The van der Waals surface area contributed by atoms with E-state index in [0.29, 0.717) is 13.2 Å². The van der Waals surface area contributed by atoms with Crippen LogP contribution in [0, 0.1) is 10.8 Å². The lowest BCUT2D eigenvalue weighted by atomic mass is 9.88. The summed E-state index contributed by atoms with van der Waals surface area (Å²) in [5, 5.41) is 0. The maximum absolute atomic E-state index is 12.3. The molecule has 4 nitrogen and oxygen atoms in total. The Morgan fingerprint density at radius 1 is 1.29 bits per heavy atom. The van der Waals surface area contributed by atoms with Gasteiger partial charge in [-0.05, 0) is 6.42 Å². The van der Waals surface area contributed by atoms with E-state index >= 15 is 0 Å². The highest BCUT2D eigenvalue weighted by atomic mass is 31.2. The van der Waals surface area contributed by atoms with Gasteiger partial charge in [-0.15, -0.1) is 0 Å². The van der Waals surface area contributed by atoms with Gasteiger partial charge in [0.25, 0.3) is 0 Å². The van der Waals surface area contributed by atoms with Crippen LogP contribution < -0.4 is 0 Å². The van der Waals surface area contributed by atoms with Crippen molar-refractivity contribution in [3.8, 4) is 0 Å². The molecule has 0 aromatic carbocycles. The maximum Gasteiger partial charge on any atom is 0.397 e. The van der Waals surface area contributed by atoms with Crippen molar-refractivity contribution < 1.29 is 18.4 Å². The molecular formula is C12H23O4P.